The van der Waals surface area contributed by atoms with Gasteiger partial charge in [-0.15, -0.1) is 0 Å². The molecule has 2 fully saturated rings. The van der Waals surface area contributed by atoms with Crippen LogP contribution in [0.4, 0.5) is 11.4 Å². The van der Waals surface area contributed by atoms with E-state index in [0.717, 1.165) is 0 Å². The fourth-order valence-corrected chi connectivity index (χ4v) is 3.63. The molecule has 29 heavy (non-hydrogen) atoms. The van der Waals surface area contributed by atoms with Crippen LogP contribution in [0.25, 0.3) is 0 Å². The first-order chi connectivity index (χ1) is 14.1. The Morgan fingerprint density at radius 2 is 1.83 bits per heavy atom. The topological polar surface area (TPSA) is 90.0 Å². The van der Waals surface area contributed by atoms with Crippen LogP contribution in [0.1, 0.15) is 33.7 Å². The van der Waals surface area contributed by atoms with E-state index in [9.17, 15) is 9.59 Å². The molecule has 1 aromatic heterocycles. The molecule has 2 aliphatic rings. The molecular formula is C21H23N3O5. The zero-order valence-corrected chi connectivity index (χ0v) is 16.2. The van der Waals surface area contributed by atoms with Crippen LogP contribution in [-0.2, 0) is 14.2 Å². The molecule has 2 aliphatic heterocycles. The Morgan fingerprint density at radius 3 is 2.55 bits per heavy atom. The van der Waals surface area contributed by atoms with Crippen LogP contribution in [0.2, 0.25) is 0 Å². The van der Waals surface area contributed by atoms with Crippen molar-refractivity contribution in [2.24, 2.45) is 0 Å². The number of hydrogen-bond acceptors (Lipinski definition) is 7. The van der Waals surface area contributed by atoms with Gasteiger partial charge < -0.3 is 24.4 Å². The maximum Gasteiger partial charge on any atom is 0.337 e. The molecule has 0 saturated carbocycles. The van der Waals surface area contributed by atoms with Gasteiger partial charge in [0.25, 0.3) is 5.91 Å². The summed E-state index contributed by atoms with van der Waals surface area (Å²) in [6.07, 6.45) is 2.92. The number of rotatable bonds is 4. The maximum absolute atomic E-state index is 12.9. The number of nitrogens with one attached hydrogen (secondary N) is 1. The summed E-state index contributed by atoms with van der Waals surface area (Å²) in [5.41, 5.74) is 2.24. The predicted octanol–water partition coefficient (Wildman–Crippen LogP) is 2.59. The van der Waals surface area contributed by atoms with Crippen molar-refractivity contribution in [3.8, 4) is 0 Å². The van der Waals surface area contributed by atoms with Crippen molar-refractivity contribution >= 4 is 23.3 Å². The van der Waals surface area contributed by atoms with E-state index in [1.807, 2.05) is 6.07 Å². The van der Waals surface area contributed by atoms with Gasteiger partial charge in [-0.05, 0) is 30.3 Å². The average Bonchev–Trinajstić information content (AvgIpc) is 3.21. The third-order valence-corrected chi connectivity index (χ3v) is 5.18. The minimum Gasteiger partial charge on any atom is -0.465 e. The molecule has 1 aromatic carbocycles. The van der Waals surface area contributed by atoms with Crippen LogP contribution in [0, 0.1) is 0 Å². The Labute approximate surface area is 168 Å². The van der Waals surface area contributed by atoms with Crippen molar-refractivity contribution in [1.29, 1.82) is 0 Å². The van der Waals surface area contributed by atoms with Gasteiger partial charge in [-0.2, -0.15) is 0 Å². The largest absolute Gasteiger partial charge is 0.465 e. The number of nitrogens with zero attached hydrogens (tertiary/aromatic N) is 2. The van der Waals surface area contributed by atoms with E-state index in [2.05, 4.69) is 10.3 Å². The second-order valence-corrected chi connectivity index (χ2v) is 7.03. The molecular weight excluding hydrogens is 374 g/mol. The van der Waals surface area contributed by atoms with Crippen molar-refractivity contribution in [2.45, 2.75) is 18.6 Å². The summed E-state index contributed by atoms with van der Waals surface area (Å²) in [6, 6.07) is 10.4. The zero-order chi connectivity index (χ0) is 20.3. The van der Waals surface area contributed by atoms with E-state index in [-0.39, 0.29) is 5.91 Å². The van der Waals surface area contributed by atoms with Crippen molar-refractivity contribution in [3.05, 3.63) is 53.9 Å². The van der Waals surface area contributed by atoms with Gasteiger partial charge in [-0.25, -0.2) is 4.79 Å². The van der Waals surface area contributed by atoms with E-state index in [0.29, 0.717) is 61.8 Å². The zero-order valence-electron chi connectivity index (χ0n) is 16.2. The first-order valence-corrected chi connectivity index (χ1v) is 9.57. The summed E-state index contributed by atoms with van der Waals surface area (Å²) in [5, 5.41) is 3.20. The maximum atomic E-state index is 12.9. The summed E-state index contributed by atoms with van der Waals surface area (Å²) >= 11 is 0. The number of piperidine rings is 1. The Bertz CT molecular complexity index is 901. The average molecular weight is 397 g/mol. The number of aromatic nitrogens is 1. The lowest BCUT2D eigenvalue weighted by Gasteiger charge is -2.37. The van der Waals surface area contributed by atoms with E-state index in [4.69, 9.17) is 14.2 Å². The molecule has 8 heteroatoms. The van der Waals surface area contributed by atoms with Gasteiger partial charge in [0.2, 0.25) is 0 Å². The molecule has 0 unspecified atom stereocenters. The van der Waals surface area contributed by atoms with Gasteiger partial charge in [0.15, 0.2) is 5.79 Å². The highest BCUT2D eigenvalue weighted by Crippen LogP contribution is 2.31. The second kappa shape index (κ2) is 8.18. The molecule has 0 aliphatic carbocycles. The number of anilines is 2. The molecule has 8 nitrogen and oxygen atoms in total. The number of carbonyl (C=O) groups is 2. The van der Waals surface area contributed by atoms with Gasteiger partial charge in [0.1, 0.15) is 5.69 Å². The van der Waals surface area contributed by atoms with Crippen molar-refractivity contribution in [2.75, 3.05) is 38.7 Å². The predicted molar refractivity (Wildman–Crippen MR) is 105 cm³/mol. The standard InChI is InChI=1S/C21H23N3O5/c1-27-20(26)15-3-2-4-16(13-15)23-17-5-8-22-18(14-17)19(25)24-9-6-21(7-10-24)28-11-12-29-21/h2-5,8,13-14H,6-7,9-12H2,1H3,(H,22,23). The fraction of sp³-hybridized carbons (Fsp3) is 0.381. The number of carbonyl (C=O) groups excluding carboxylic acids is 2. The van der Waals surface area contributed by atoms with E-state index < -0.39 is 11.8 Å². The summed E-state index contributed by atoms with van der Waals surface area (Å²) in [5.74, 6) is -1.04. The third-order valence-electron chi connectivity index (χ3n) is 5.18. The highest BCUT2D eigenvalue weighted by atomic mass is 16.7. The highest BCUT2D eigenvalue weighted by molar-refractivity contribution is 5.93. The lowest BCUT2D eigenvalue weighted by atomic mass is 10.0. The number of likely N-dealkylation sites (tertiary alicyclic amines) is 1. The van der Waals surface area contributed by atoms with Crippen molar-refractivity contribution < 1.29 is 23.8 Å². The summed E-state index contributed by atoms with van der Waals surface area (Å²) < 4.78 is 16.2. The van der Waals surface area contributed by atoms with Crippen molar-refractivity contribution in [1.82, 2.24) is 9.88 Å². The number of hydrogen-bond donors (Lipinski definition) is 1. The molecule has 1 spiro atoms. The lowest BCUT2D eigenvalue weighted by molar-refractivity contribution is -0.181. The highest BCUT2D eigenvalue weighted by Gasteiger charge is 2.41. The lowest BCUT2D eigenvalue weighted by Crippen LogP contribution is -2.47. The van der Waals surface area contributed by atoms with Gasteiger partial charge >= 0.3 is 5.97 Å². The van der Waals surface area contributed by atoms with Crippen LogP contribution in [0.3, 0.4) is 0 Å². The third kappa shape index (κ3) is 4.23. The molecule has 1 amide bonds. The Balaban J connectivity index is 1.43. The second-order valence-electron chi connectivity index (χ2n) is 7.03. The normalized spacial score (nSPS) is 17.9. The SMILES string of the molecule is COC(=O)c1cccc(Nc2ccnc(C(=O)N3CCC4(CC3)OCCO4)c2)c1. The van der Waals surface area contributed by atoms with Crippen LogP contribution in [-0.4, -0.2) is 61.0 Å². The number of pyridine rings is 1. The van der Waals surface area contributed by atoms with Gasteiger partial charge in [0, 0.05) is 43.5 Å². The summed E-state index contributed by atoms with van der Waals surface area (Å²) in [6.45, 7) is 2.36. The van der Waals surface area contributed by atoms with Crippen LogP contribution in [0.15, 0.2) is 42.6 Å². The summed E-state index contributed by atoms with van der Waals surface area (Å²) in [4.78, 5) is 30.6. The molecule has 0 radical (unpaired) electrons. The Kier molecular flexibility index (Phi) is 5.46. The minimum absolute atomic E-state index is 0.121. The summed E-state index contributed by atoms with van der Waals surface area (Å²) in [7, 11) is 1.34. The van der Waals surface area contributed by atoms with Crippen LogP contribution < -0.4 is 5.32 Å². The fourth-order valence-electron chi connectivity index (χ4n) is 3.63. The number of amides is 1. The molecule has 2 aromatic rings. The Hall–Kier alpha value is -2.97. The van der Waals surface area contributed by atoms with Crippen LogP contribution >= 0.6 is 0 Å². The number of ether oxygens (including phenoxy) is 3. The number of methoxy groups -OCH3 is 1. The molecule has 4 rings (SSSR count). The van der Waals surface area contributed by atoms with E-state index >= 15 is 0 Å². The molecule has 2 saturated heterocycles. The van der Waals surface area contributed by atoms with Gasteiger partial charge in [0.05, 0.1) is 25.9 Å². The van der Waals surface area contributed by atoms with E-state index in [1.165, 1.54) is 7.11 Å². The number of esters is 1. The first-order valence-electron chi connectivity index (χ1n) is 9.57. The van der Waals surface area contributed by atoms with E-state index in [1.54, 1.807) is 41.4 Å². The van der Waals surface area contributed by atoms with Gasteiger partial charge in [-0.3, -0.25) is 9.78 Å². The smallest absolute Gasteiger partial charge is 0.337 e. The van der Waals surface area contributed by atoms with Crippen molar-refractivity contribution in [3.63, 3.8) is 0 Å². The first kappa shape index (κ1) is 19.4. The molecule has 1 N–H and O–H groups in total. The Morgan fingerprint density at radius 1 is 1.10 bits per heavy atom. The quantitative estimate of drug-likeness (QED) is 0.793. The van der Waals surface area contributed by atoms with Crippen LogP contribution in [0.5, 0.6) is 0 Å². The molecule has 3 heterocycles. The molecule has 0 bridgehead atoms. The van der Waals surface area contributed by atoms with Gasteiger partial charge in [-0.1, -0.05) is 6.07 Å². The molecule has 0 atom stereocenters. The monoisotopic (exact) mass is 397 g/mol. The molecule has 152 valence electrons. The number of benzene rings is 1. The minimum atomic E-state index is -0.516.